The van der Waals surface area contributed by atoms with Gasteiger partial charge in [0.25, 0.3) is 0 Å². The molecule has 0 spiro atoms. The number of imide groups is 1. The number of rotatable bonds is 4. The molecular formula is C16H29N3O6. The number of urea groups is 2. The Labute approximate surface area is 148 Å². The minimum atomic E-state index is -1.11. The summed E-state index contributed by atoms with van der Waals surface area (Å²) in [5.41, 5.74) is -0.703. The third-order valence-corrected chi connectivity index (χ3v) is 3.21. The summed E-state index contributed by atoms with van der Waals surface area (Å²) in [6, 6.07) is -2.19. The van der Waals surface area contributed by atoms with Crippen LogP contribution in [0.3, 0.4) is 0 Å². The highest BCUT2D eigenvalue weighted by atomic mass is 16.6. The summed E-state index contributed by atoms with van der Waals surface area (Å²) in [7, 11) is 5.69. The van der Waals surface area contributed by atoms with Crippen LogP contribution < -0.4 is 0 Å². The van der Waals surface area contributed by atoms with E-state index in [1.807, 2.05) is 0 Å². The molecule has 0 aromatic carbocycles. The number of carbonyl (C=O) groups is 4. The maximum absolute atomic E-state index is 12.2. The first-order chi connectivity index (χ1) is 11.2. The minimum absolute atomic E-state index is 0.528. The van der Waals surface area contributed by atoms with Crippen LogP contribution in [0.1, 0.15) is 34.6 Å². The van der Waals surface area contributed by atoms with Gasteiger partial charge in [0, 0.05) is 28.2 Å². The predicted molar refractivity (Wildman–Crippen MR) is 90.9 cm³/mol. The summed E-state index contributed by atoms with van der Waals surface area (Å²) >= 11 is 0. The average molecular weight is 359 g/mol. The van der Waals surface area contributed by atoms with Crippen LogP contribution in [0.25, 0.3) is 0 Å². The van der Waals surface area contributed by atoms with E-state index >= 15 is 0 Å². The van der Waals surface area contributed by atoms with E-state index in [1.54, 1.807) is 20.8 Å². The van der Waals surface area contributed by atoms with E-state index in [0.717, 1.165) is 9.80 Å². The van der Waals surface area contributed by atoms with E-state index in [2.05, 4.69) is 0 Å². The van der Waals surface area contributed by atoms with Gasteiger partial charge in [0.2, 0.25) is 0 Å². The maximum atomic E-state index is 12.2. The van der Waals surface area contributed by atoms with E-state index in [1.165, 1.54) is 46.9 Å². The molecule has 2 unspecified atom stereocenters. The van der Waals surface area contributed by atoms with Crippen molar-refractivity contribution in [3.63, 3.8) is 0 Å². The van der Waals surface area contributed by atoms with Crippen LogP contribution in [0.2, 0.25) is 0 Å². The van der Waals surface area contributed by atoms with Crippen LogP contribution in [-0.4, -0.2) is 84.6 Å². The molecule has 0 bridgehead atoms. The molecule has 0 heterocycles. The Hall–Kier alpha value is -2.32. The molecule has 0 aliphatic heterocycles. The van der Waals surface area contributed by atoms with Crippen molar-refractivity contribution >= 4 is 24.0 Å². The average Bonchev–Trinajstić information content (AvgIpc) is 2.49. The first-order valence-corrected chi connectivity index (χ1v) is 7.84. The van der Waals surface area contributed by atoms with Gasteiger partial charge >= 0.3 is 24.0 Å². The molecule has 0 N–H and O–H groups in total. The van der Waals surface area contributed by atoms with Gasteiger partial charge in [-0.3, -0.25) is 0 Å². The summed E-state index contributed by atoms with van der Waals surface area (Å²) in [4.78, 5) is 51.2. The lowest BCUT2D eigenvalue weighted by molar-refractivity contribution is -0.176. The minimum Gasteiger partial charge on any atom is -0.457 e. The lowest BCUT2D eigenvalue weighted by atomic mass is 10.2. The fourth-order valence-electron chi connectivity index (χ4n) is 1.65. The quantitative estimate of drug-likeness (QED) is 0.702. The largest absolute Gasteiger partial charge is 0.457 e. The number of ether oxygens (including phenoxy) is 2. The lowest BCUT2D eigenvalue weighted by Gasteiger charge is -2.29. The van der Waals surface area contributed by atoms with Crippen molar-refractivity contribution in [1.82, 2.24) is 14.7 Å². The Bertz CT molecular complexity index is 526. The third-order valence-electron chi connectivity index (χ3n) is 3.21. The molecule has 25 heavy (non-hydrogen) atoms. The Morgan fingerprint density at radius 1 is 0.840 bits per heavy atom. The number of hydrogen-bond donors (Lipinski definition) is 0. The van der Waals surface area contributed by atoms with E-state index < -0.39 is 41.7 Å². The van der Waals surface area contributed by atoms with Gasteiger partial charge in [-0.15, -0.1) is 0 Å². The molecule has 0 aromatic heterocycles. The normalized spacial score (nSPS) is 13.3. The molecule has 9 nitrogen and oxygen atoms in total. The molecular weight excluding hydrogens is 330 g/mol. The van der Waals surface area contributed by atoms with Crippen molar-refractivity contribution in [1.29, 1.82) is 0 Å². The Morgan fingerprint density at radius 3 is 1.72 bits per heavy atom. The van der Waals surface area contributed by atoms with Gasteiger partial charge in [-0.05, 0) is 34.6 Å². The number of esters is 2. The molecule has 4 amide bonds. The zero-order chi connectivity index (χ0) is 20.1. The predicted octanol–water partition coefficient (Wildman–Crippen LogP) is 1.31. The van der Waals surface area contributed by atoms with E-state index in [4.69, 9.17) is 9.47 Å². The molecule has 0 rings (SSSR count). The highest BCUT2D eigenvalue weighted by Gasteiger charge is 2.32. The second kappa shape index (κ2) is 8.68. The van der Waals surface area contributed by atoms with Crippen LogP contribution in [-0.2, 0) is 19.1 Å². The molecule has 0 saturated heterocycles. The summed E-state index contributed by atoms with van der Waals surface area (Å²) < 4.78 is 10.2. The lowest BCUT2D eigenvalue weighted by Crippen LogP contribution is -2.51. The van der Waals surface area contributed by atoms with Crippen LogP contribution in [0.5, 0.6) is 0 Å². The summed E-state index contributed by atoms with van der Waals surface area (Å²) in [6.07, 6.45) is -1.11. The number of likely N-dealkylation sites (N-methyl/N-ethyl adjacent to an activating group) is 1. The number of carbonyl (C=O) groups excluding carboxylic acids is 4. The van der Waals surface area contributed by atoms with Gasteiger partial charge < -0.3 is 19.3 Å². The third kappa shape index (κ3) is 6.98. The molecule has 2 atom stereocenters. The Kier molecular flexibility index (Phi) is 7.88. The molecule has 0 saturated carbocycles. The number of nitrogens with zero attached hydrogens (tertiary/aromatic N) is 3. The molecule has 0 fully saturated rings. The first-order valence-electron chi connectivity index (χ1n) is 7.84. The summed E-state index contributed by atoms with van der Waals surface area (Å²) in [5.74, 6) is -1.46. The van der Waals surface area contributed by atoms with Gasteiger partial charge in [0.1, 0.15) is 11.6 Å². The Balaban J connectivity index is 4.85. The zero-order valence-electron chi connectivity index (χ0n) is 16.4. The van der Waals surface area contributed by atoms with Crippen LogP contribution in [0, 0.1) is 0 Å². The van der Waals surface area contributed by atoms with Crippen LogP contribution in [0.4, 0.5) is 9.59 Å². The van der Waals surface area contributed by atoms with Crippen molar-refractivity contribution in [3.8, 4) is 0 Å². The van der Waals surface area contributed by atoms with Gasteiger partial charge in [-0.25, -0.2) is 24.1 Å². The fourth-order valence-corrected chi connectivity index (χ4v) is 1.65. The molecule has 0 aliphatic rings. The highest BCUT2D eigenvalue weighted by molar-refractivity contribution is 5.94. The molecule has 144 valence electrons. The molecule has 0 aliphatic carbocycles. The van der Waals surface area contributed by atoms with Crippen molar-refractivity contribution in [2.24, 2.45) is 0 Å². The van der Waals surface area contributed by atoms with Crippen molar-refractivity contribution in [2.45, 2.75) is 52.4 Å². The summed E-state index contributed by atoms with van der Waals surface area (Å²) in [5, 5.41) is 0. The van der Waals surface area contributed by atoms with Crippen LogP contribution >= 0.6 is 0 Å². The van der Waals surface area contributed by atoms with E-state index in [-0.39, 0.29) is 0 Å². The second-order valence-corrected chi connectivity index (χ2v) is 6.92. The van der Waals surface area contributed by atoms with Crippen molar-refractivity contribution in [2.75, 3.05) is 28.2 Å². The Morgan fingerprint density at radius 2 is 1.32 bits per heavy atom. The van der Waals surface area contributed by atoms with Gasteiger partial charge in [0.05, 0.1) is 0 Å². The molecule has 0 aromatic rings. The highest BCUT2D eigenvalue weighted by Crippen LogP contribution is 2.11. The van der Waals surface area contributed by atoms with Crippen molar-refractivity contribution < 1.29 is 28.7 Å². The number of amides is 4. The van der Waals surface area contributed by atoms with E-state index in [0.29, 0.717) is 0 Å². The molecule has 9 heteroatoms. The van der Waals surface area contributed by atoms with Gasteiger partial charge in [-0.2, -0.15) is 0 Å². The maximum Gasteiger partial charge on any atom is 0.347 e. The van der Waals surface area contributed by atoms with Crippen LogP contribution in [0.15, 0.2) is 0 Å². The number of hydrogen-bond acceptors (Lipinski definition) is 6. The van der Waals surface area contributed by atoms with Gasteiger partial charge in [-0.1, -0.05) is 0 Å². The second-order valence-electron chi connectivity index (χ2n) is 6.92. The molecule has 0 radical (unpaired) electrons. The topological polar surface area (TPSA) is 96.5 Å². The smallest absolute Gasteiger partial charge is 0.347 e. The standard InChI is InChI=1S/C16H29N3O6/c1-10(18(8)15(23)19(9)14(22)17(6)7)12(20)24-11(2)13(21)25-16(3,4)5/h10-11H,1-9H3. The van der Waals surface area contributed by atoms with Gasteiger partial charge in [0.15, 0.2) is 6.10 Å². The first kappa shape index (κ1) is 22.7. The van der Waals surface area contributed by atoms with Crippen molar-refractivity contribution in [3.05, 3.63) is 0 Å². The van der Waals surface area contributed by atoms with E-state index in [9.17, 15) is 19.2 Å². The monoisotopic (exact) mass is 359 g/mol. The zero-order valence-corrected chi connectivity index (χ0v) is 16.4. The SMILES string of the molecule is CC(OC(=O)C(C)N(C)C(=O)N(C)C(=O)N(C)C)C(=O)OC(C)(C)C. The fraction of sp³-hybridized carbons (Fsp3) is 0.750. The summed E-state index contributed by atoms with van der Waals surface area (Å²) in [6.45, 7) is 7.93.